The molecule has 0 fully saturated rings. The van der Waals surface area contributed by atoms with E-state index in [1.807, 2.05) is 42.5 Å². The fourth-order valence-corrected chi connectivity index (χ4v) is 2.56. The van der Waals surface area contributed by atoms with Crippen molar-refractivity contribution in [1.82, 2.24) is 9.97 Å². The van der Waals surface area contributed by atoms with Crippen LogP contribution in [0.3, 0.4) is 0 Å². The zero-order valence-electron chi connectivity index (χ0n) is 11.8. The number of anilines is 1. The topological polar surface area (TPSA) is 37.8 Å². The number of benzene rings is 2. The number of rotatable bonds is 4. The van der Waals surface area contributed by atoms with Gasteiger partial charge >= 0.3 is 0 Å². The second-order valence-electron chi connectivity index (χ2n) is 4.85. The van der Waals surface area contributed by atoms with Crippen LogP contribution in [0.15, 0.2) is 53.0 Å². The lowest BCUT2D eigenvalue weighted by molar-refractivity contribution is 0.970. The maximum Gasteiger partial charge on any atom is 0.162 e. The Morgan fingerprint density at radius 3 is 2.62 bits per heavy atom. The Morgan fingerprint density at radius 2 is 1.86 bits per heavy atom. The van der Waals surface area contributed by atoms with E-state index in [0.717, 1.165) is 45.5 Å². The maximum absolute atomic E-state index is 4.71. The zero-order valence-corrected chi connectivity index (χ0v) is 13.4. The molecular weight excluding hydrogens is 326 g/mol. The Hall–Kier alpha value is -1.94. The summed E-state index contributed by atoms with van der Waals surface area (Å²) in [5, 5.41) is 4.44. The van der Waals surface area contributed by atoms with Crippen molar-refractivity contribution in [2.45, 2.75) is 13.3 Å². The highest BCUT2D eigenvalue weighted by Crippen LogP contribution is 2.27. The monoisotopic (exact) mass is 341 g/mol. The van der Waals surface area contributed by atoms with E-state index in [2.05, 4.69) is 39.2 Å². The lowest BCUT2D eigenvalue weighted by Gasteiger charge is -2.10. The molecule has 0 saturated carbocycles. The van der Waals surface area contributed by atoms with Gasteiger partial charge in [0.25, 0.3) is 0 Å². The molecule has 0 bridgehead atoms. The highest BCUT2D eigenvalue weighted by Gasteiger charge is 2.09. The summed E-state index contributed by atoms with van der Waals surface area (Å²) in [5.41, 5.74) is 1.98. The van der Waals surface area contributed by atoms with Gasteiger partial charge in [-0.15, -0.1) is 0 Å². The van der Waals surface area contributed by atoms with Crippen molar-refractivity contribution < 1.29 is 0 Å². The minimum Gasteiger partial charge on any atom is -0.369 e. The summed E-state index contributed by atoms with van der Waals surface area (Å²) in [5.74, 6) is 1.64. The van der Waals surface area contributed by atoms with Crippen molar-refractivity contribution in [3.63, 3.8) is 0 Å². The first-order chi connectivity index (χ1) is 10.3. The van der Waals surface area contributed by atoms with E-state index in [9.17, 15) is 0 Å². The van der Waals surface area contributed by atoms with E-state index < -0.39 is 0 Å². The van der Waals surface area contributed by atoms with Crippen molar-refractivity contribution in [2.75, 3.05) is 11.9 Å². The van der Waals surface area contributed by atoms with E-state index in [1.54, 1.807) is 0 Å². The molecule has 0 aliphatic carbocycles. The number of aromatic nitrogens is 2. The maximum atomic E-state index is 4.71. The number of halogens is 1. The minimum absolute atomic E-state index is 0.754. The number of nitrogens with zero attached hydrogens (tertiary/aromatic N) is 2. The zero-order chi connectivity index (χ0) is 14.7. The predicted octanol–water partition coefficient (Wildman–Crippen LogP) is 4.88. The number of fused-ring (bicyclic) bond motifs is 1. The molecule has 0 unspecified atom stereocenters. The van der Waals surface area contributed by atoms with E-state index in [-0.39, 0.29) is 0 Å². The number of hydrogen-bond acceptors (Lipinski definition) is 3. The highest BCUT2D eigenvalue weighted by atomic mass is 79.9. The largest absolute Gasteiger partial charge is 0.369 e. The van der Waals surface area contributed by atoms with E-state index in [1.165, 1.54) is 0 Å². The van der Waals surface area contributed by atoms with Crippen molar-refractivity contribution >= 4 is 32.7 Å². The predicted molar refractivity (Wildman–Crippen MR) is 91.5 cm³/mol. The van der Waals surface area contributed by atoms with Gasteiger partial charge in [0, 0.05) is 22.0 Å². The van der Waals surface area contributed by atoms with Crippen LogP contribution in [-0.4, -0.2) is 16.5 Å². The molecule has 3 nitrogen and oxygen atoms in total. The first kappa shape index (κ1) is 14.0. The summed E-state index contributed by atoms with van der Waals surface area (Å²) in [6, 6.07) is 16.2. The fourth-order valence-electron chi connectivity index (χ4n) is 2.20. The lowest BCUT2D eigenvalue weighted by atomic mass is 10.2. The summed E-state index contributed by atoms with van der Waals surface area (Å²) >= 11 is 3.51. The van der Waals surface area contributed by atoms with Crippen LogP contribution in [0.2, 0.25) is 0 Å². The van der Waals surface area contributed by atoms with Crippen molar-refractivity contribution in [3.8, 4) is 11.4 Å². The van der Waals surface area contributed by atoms with Gasteiger partial charge in [-0.05, 0) is 24.6 Å². The van der Waals surface area contributed by atoms with Crippen LogP contribution in [0.4, 0.5) is 5.82 Å². The standard InChI is InChI=1S/C17H16BrN3/c1-2-10-19-17-14-11-13(18)8-9-15(14)20-16(21-17)12-6-4-3-5-7-12/h3-9,11H,2,10H2,1H3,(H,19,20,21). The van der Waals surface area contributed by atoms with E-state index >= 15 is 0 Å². The number of hydrogen-bond donors (Lipinski definition) is 1. The molecule has 106 valence electrons. The van der Waals surface area contributed by atoms with Crippen LogP contribution in [0.1, 0.15) is 13.3 Å². The Bertz CT molecular complexity index is 757. The first-order valence-electron chi connectivity index (χ1n) is 7.04. The van der Waals surface area contributed by atoms with Gasteiger partial charge in [0.1, 0.15) is 5.82 Å². The van der Waals surface area contributed by atoms with Gasteiger partial charge in [0.15, 0.2) is 5.82 Å². The molecule has 4 heteroatoms. The smallest absolute Gasteiger partial charge is 0.162 e. The van der Waals surface area contributed by atoms with Crippen LogP contribution in [0.5, 0.6) is 0 Å². The van der Waals surface area contributed by atoms with Crippen molar-refractivity contribution in [2.24, 2.45) is 0 Å². The molecule has 0 saturated heterocycles. The molecule has 0 aliphatic rings. The minimum atomic E-state index is 0.754. The molecule has 0 spiro atoms. The SMILES string of the molecule is CCCNc1nc(-c2ccccc2)nc2ccc(Br)cc12. The molecule has 3 rings (SSSR count). The first-order valence-corrected chi connectivity index (χ1v) is 7.84. The Morgan fingerprint density at radius 1 is 1.05 bits per heavy atom. The van der Waals surface area contributed by atoms with Gasteiger partial charge in [-0.3, -0.25) is 0 Å². The third-order valence-electron chi connectivity index (χ3n) is 3.23. The van der Waals surface area contributed by atoms with Crippen LogP contribution in [0.25, 0.3) is 22.3 Å². The van der Waals surface area contributed by atoms with Crippen LogP contribution in [0, 0.1) is 0 Å². The van der Waals surface area contributed by atoms with Crippen molar-refractivity contribution in [1.29, 1.82) is 0 Å². The molecule has 2 aromatic carbocycles. The number of nitrogens with one attached hydrogen (secondary N) is 1. The molecule has 1 N–H and O–H groups in total. The molecule has 0 radical (unpaired) electrons. The second-order valence-corrected chi connectivity index (χ2v) is 5.77. The second kappa shape index (κ2) is 6.22. The van der Waals surface area contributed by atoms with Gasteiger partial charge < -0.3 is 5.32 Å². The van der Waals surface area contributed by atoms with Crippen LogP contribution >= 0.6 is 15.9 Å². The Labute approximate surface area is 132 Å². The molecule has 1 aromatic heterocycles. The molecule has 21 heavy (non-hydrogen) atoms. The van der Waals surface area contributed by atoms with Crippen LogP contribution in [-0.2, 0) is 0 Å². The van der Waals surface area contributed by atoms with Crippen molar-refractivity contribution in [3.05, 3.63) is 53.0 Å². The Kier molecular flexibility index (Phi) is 4.15. The molecular formula is C17H16BrN3. The summed E-state index contributed by atoms with van der Waals surface area (Å²) in [6.45, 7) is 3.04. The lowest BCUT2D eigenvalue weighted by Crippen LogP contribution is -2.04. The molecule has 1 heterocycles. The quantitative estimate of drug-likeness (QED) is 0.734. The normalized spacial score (nSPS) is 10.8. The average Bonchev–Trinajstić information content (AvgIpc) is 2.53. The molecule has 0 aliphatic heterocycles. The molecule has 0 atom stereocenters. The summed E-state index contributed by atoms with van der Waals surface area (Å²) in [7, 11) is 0. The highest BCUT2D eigenvalue weighted by molar-refractivity contribution is 9.10. The summed E-state index contributed by atoms with van der Waals surface area (Å²) < 4.78 is 1.03. The third-order valence-corrected chi connectivity index (χ3v) is 3.73. The van der Waals surface area contributed by atoms with Crippen LogP contribution < -0.4 is 5.32 Å². The molecule has 3 aromatic rings. The Balaban J connectivity index is 2.17. The van der Waals surface area contributed by atoms with E-state index in [4.69, 9.17) is 4.98 Å². The van der Waals surface area contributed by atoms with Gasteiger partial charge in [-0.1, -0.05) is 53.2 Å². The molecule has 0 amide bonds. The third kappa shape index (κ3) is 3.05. The summed E-state index contributed by atoms with van der Waals surface area (Å²) in [6.07, 6.45) is 1.06. The van der Waals surface area contributed by atoms with Gasteiger partial charge in [0.2, 0.25) is 0 Å². The fraction of sp³-hybridized carbons (Fsp3) is 0.176. The van der Waals surface area contributed by atoms with Gasteiger partial charge in [-0.2, -0.15) is 0 Å². The van der Waals surface area contributed by atoms with Gasteiger partial charge in [-0.25, -0.2) is 9.97 Å². The summed E-state index contributed by atoms with van der Waals surface area (Å²) in [4.78, 5) is 9.39. The average molecular weight is 342 g/mol. The van der Waals surface area contributed by atoms with E-state index in [0.29, 0.717) is 0 Å². The van der Waals surface area contributed by atoms with Gasteiger partial charge in [0.05, 0.1) is 5.52 Å².